The van der Waals surface area contributed by atoms with Crippen LogP contribution >= 0.6 is 0 Å². The van der Waals surface area contributed by atoms with E-state index in [0.29, 0.717) is 25.1 Å². The summed E-state index contributed by atoms with van der Waals surface area (Å²) >= 11 is 0. The SMILES string of the molecule is NCCCNC(=O)Cc1ccc(S(=O)(=O)C(F)F)cc1. The average molecular weight is 306 g/mol. The van der Waals surface area contributed by atoms with Crippen molar-refractivity contribution in [1.29, 1.82) is 0 Å². The number of rotatable bonds is 7. The number of hydrogen-bond acceptors (Lipinski definition) is 4. The second-order valence-corrected chi connectivity index (χ2v) is 6.04. The van der Waals surface area contributed by atoms with Gasteiger partial charge in [0.2, 0.25) is 15.7 Å². The third kappa shape index (κ3) is 4.53. The van der Waals surface area contributed by atoms with Gasteiger partial charge in [0.15, 0.2) is 0 Å². The van der Waals surface area contributed by atoms with Gasteiger partial charge < -0.3 is 11.1 Å². The number of nitrogens with two attached hydrogens (primary N) is 1. The quantitative estimate of drug-likeness (QED) is 0.725. The third-order valence-electron chi connectivity index (χ3n) is 2.55. The first-order chi connectivity index (χ1) is 9.37. The van der Waals surface area contributed by atoms with Crippen molar-refractivity contribution >= 4 is 15.7 Å². The third-order valence-corrected chi connectivity index (χ3v) is 3.95. The topological polar surface area (TPSA) is 89.3 Å². The highest BCUT2D eigenvalue weighted by Gasteiger charge is 2.26. The molecule has 1 aromatic rings. The van der Waals surface area contributed by atoms with Crippen LogP contribution in [-0.2, 0) is 21.1 Å². The fourth-order valence-electron chi connectivity index (χ4n) is 1.48. The molecule has 3 N–H and O–H groups in total. The summed E-state index contributed by atoms with van der Waals surface area (Å²) in [6, 6.07) is 4.84. The molecular formula is C12H16F2N2O3S. The maximum atomic E-state index is 12.3. The van der Waals surface area contributed by atoms with Crippen LogP contribution in [0.25, 0.3) is 0 Å². The molecule has 0 aliphatic heterocycles. The summed E-state index contributed by atoms with van der Waals surface area (Å²) in [5.74, 6) is -3.68. The molecule has 8 heteroatoms. The normalized spacial score (nSPS) is 11.6. The Balaban J connectivity index is 2.66. The van der Waals surface area contributed by atoms with Gasteiger partial charge in [0, 0.05) is 6.54 Å². The van der Waals surface area contributed by atoms with Crippen molar-refractivity contribution in [2.75, 3.05) is 13.1 Å². The molecule has 0 saturated heterocycles. The highest BCUT2D eigenvalue weighted by Crippen LogP contribution is 2.18. The number of halogens is 2. The standard InChI is InChI=1S/C12H16F2N2O3S/c13-12(14)20(18,19)10-4-2-9(3-5-10)8-11(17)16-7-1-6-15/h2-5,12H,1,6-8,15H2,(H,16,17). The maximum Gasteiger partial charge on any atom is 0.341 e. The van der Waals surface area contributed by atoms with Gasteiger partial charge in [-0.15, -0.1) is 0 Å². The zero-order valence-corrected chi connectivity index (χ0v) is 11.5. The van der Waals surface area contributed by atoms with E-state index >= 15 is 0 Å². The Morgan fingerprint density at radius 2 is 1.85 bits per heavy atom. The number of alkyl halides is 2. The number of nitrogens with one attached hydrogen (secondary N) is 1. The van der Waals surface area contributed by atoms with Crippen LogP contribution < -0.4 is 11.1 Å². The molecule has 0 bridgehead atoms. The summed E-state index contributed by atoms with van der Waals surface area (Å²) in [6.07, 6.45) is 0.719. The predicted octanol–water partition coefficient (Wildman–Crippen LogP) is 0.690. The Hall–Kier alpha value is -1.54. The summed E-state index contributed by atoms with van der Waals surface area (Å²) in [5.41, 5.74) is 5.82. The van der Waals surface area contributed by atoms with Gasteiger partial charge in [-0.1, -0.05) is 12.1 Å². The van der Waals surface area contributed by atoms with Crippen molar-refractivity contribution in [2.24, 2.45) is 5.73 Å². The largest absolute Gasteiger partial charge is 0.356 e. The Morgan fingerprint density at radius 1 is 1.25 bits per heavy atom. The van der Waals surface area contributed by atoms with Crippen molar-refractivity contribution in [1.82, 2.24) is 5.32 Å². The zero-order chi connectivity index (χ0) is 15.2. The van der Waals surface area contributed by atoms with Crippen molar-refractivity contribution in [3.05, 3.63) is 29.8 Å². The van der Waals surface area contributed by atoms with E-state index in [1.54, 1.807) is 0 Å². The van der Waals surface area contributed by atoms with Gasteiger partial charge >= 0.3 is 5.76 Å². The summed E-state index contributed by atoms with van der Waals surface area (Å²) in [5, 5.41) is 2.64. The molecule has 0 aromatic heterocycles. The van der Waals surface area contributed by atoms with Gasteiger partial charge in [-0.05, 0) is 30.7 Å². The van der Waals surface area contributed by atoms with Crippen LogP contribution in [0.1, 0.15) is 12.0 Å². The van der Waals surface area contributed by atoms with E-state index in [1.165, 1.54) is 12.1 Å². The maximum absolute atomic E-state index is 12.3. The lowest BCUT2D eigenvalue weighted by Crippen LogP contribution is -2.27. The fourth-order valence-corrected chi connectivity index (χ4v) is 2.20. The first-order valence-electron chi connectivity index (χ1n) is 5.95. The second-order valence-electron chi connectivity index (χ2n) is 4.12. The molecule has 1 amide bonds. The number of amides is 1. The number of sulfone groups is 1. The molecule has 0 heterocycles. The number of hydrogen-bond donors (Lipinski definition) is 2. The summed E-state index contributed by atoms with van der Waals surface area (Å²) in [4.78, 5) is 11.0. The van der Waals surface area contributed by atoms with E-state index in [4.69, 9.17) is 5.73 Å². The molecule has 0 unspecified atom stereocenters. The zero-order valence-electron chi connectivity index (χ0n) is 10.7. The van der Waals surface area contributed by atoms with Gasteiger partial charge in [0.25, 0.3) is 0 Å². The monoisotopic (exact) mass is 306 g/mol. The first-order valence-corrected chi connectivity index (χ1v) is 7.50. The lowest BCUT2D eigenvalue weighted by atomic mass is 10.1. The molecular weight excluding hydrogens is 290 g/mol. The smallest absolute Gasteiger partial charge is 0.341 e. The highest BCUT2D eigenvalue weighted by atomic mass is 32.2. The van der Waals surface area contributed by atoms with Crippen molar-refractivity contribution in [3.8, 4) is 0 Å². The van der Waals surface area contributed by atoms with Crippen molar-refractivity contribution in [3.63, 3.8) is 0 Å². The summed E-state index contributed by atoms with van der Waals surface area (Å²) in [6.45, 7) is 0.938. The molecule has 0 radical (unpaired) electrons. The number of carbonyl (C=O) groups is 1. The molecule has 0 fully saturated rings. The molecule has 20 heavy (non-hydrogen) atoms. The fraction of sp³-hybridized carbons (Fsp3) is 0.417. The van der Waals surface area contributed by atoms with E-state index in [9.17, 15) is 22.0 Å². The first kappa shape index (κ1) is 16.5. The minimum absolute atomic E-state index is 0.0551. The molecule has 0 atom stereocenters. The molecule has 0 aliphatic carbocycles. The lowest BCUT2D eigenvalue weighted by Gasteiger charge is -2.06. The molecule has 1 aromatic carbocycles. The minimum atomic E-state index is -4.59. The second kappa shape index (κ2) is 7.30. The average Bonchev–Trinajstić information content (AvgIpc) is 2.39. The van der Waals surface area contributed by atoms with Crippen LogP contribution in [0.15, 0.2) is 29.2 Å². The Morgan fingerprint density at radius 3 is 2.35 bits per heavy atom. The summed E-state index contributed by atoms with van der Waals surface area (Å²) < 4.78 is 47.0. The van der Waals surface area contributed by atoms with E-state index in [0.717, 1.165) is 12.1 Å². The van der Waals surface area contributed by atoms with Gasteiger partial charge in [-0.25, -0.2) is 8.42 Å². The summed E-state index contributed by atoms with van der Waals surface area (Å²) in [7, 11) is -4.59. The Labute approximate surface area is 116 Å². The van der Waals surface area contributed by atoms with Crippen LogP contribution in [0.4, 0.5) is 8.78 Å². The van der Waals surface area contributed by atoms with Gasteiger partial charge in [0.1, 0.15) is 0 Å². The lowest BCUT2D eigenvalue weighted by molar-refractivity contribution is -0.120. The van der Waals surface area contributed by atoms with Crippen LogP contribution in [0.5, 0.6) is 0 Å². The van der Waals surface area contributed by atoms with Gasteiger partial charge in [-0.2, -0.15) is 8.78 Å². The van der Waals surface area contributed by atoms with Crippen molar-refractivity contribution < 1.29 is 22.0 Å². The van der Waals surface area contributed by atoms with Crippen LogP contribution in [0.3, 0.4) is 0 Å². The van der Waals surface area contributed by atoms with Crippen LogP contribution in [0, 0.1) is 0 Å². The van der Waals surface area contributed by atoms with E-state index in [1.807, 2.05) is 0 Å². The minimum Gasteiger partial charge on any atom is -0.356 e. The van der Waals surface area contributed by atoms with Crippen LogP contribution in [0.2, 0.25) is 0 Å². The van der Waals surface area contributed by atoms with Crippen LogP contribution in [-0.4, -0.2) is 33.2 Å². The van der Waals surface area contributed by atoms with E-state index < -0.39 is 20.5 Å². The number of carbonyl (C=O) groups excluding carboxylic acids is 1. The van der Waals surface area contributed by atoms with Gasteiger partial charge in [0.05, 0.1) is 11.3 Å². The highest BCUT2D eigenvalue weighted by molar-refractivity contribution is 7.91. The van der Waals surface area contributed by atoms with Gasteiger partial charge in [-0.3, -0.25) is 4.79 Å². The molecule has 0 spiro atoms. The molecule has 5 nitrogen and oxygen atoms in total. The predicted molar refractivity (Wildman–Crippen MR) is 70.0 cm³/mol. The van der Waals surface area contributed by atoms with E-state index in [2.05, 4.69) is 5.32 Å². The molecule has 0 aliphatic rings. The molecule has 1 rings (SSSR count). The Kier molecular flexibility index (Phi) is 6.03. The molecule has 0 saturated carbocycles. The Bertz CT molecular complexity index is 544. The van der Waals surface area contributed by atoms with E-state index in [-0.39, 0.29) is 12.3 Å². The molecule has 112 valence electrons. The van der Waals surface area contributed by atoms with Crippen molar-refractivity contribution in [2.45, 2.75) is 23.5 Å². The number of benzene rings is 1.